The van der Waals surface area contributed by atoms with E-state index in [0.717, 1.165) is 22.9 Å². The summed E-state index contributed by atoms with van der Waals surface area (Å²) in [7, 11) is 0. The van der Waals surface area contributed by atoms with Crippen molar-refractivity contribution in [1.29, 1.82) is 0 Å². The highest BCUT2D eigenvalue weighted by Crippen LogP contribution is 2.38. The van der Waals surface area contributed by atoms with Crippen LogP contribution in [0, 0.1) is 13.8 Å². The van der Waals surface area contributed by atoms with Crippen molar-refractivity contribution in [2.75, 3.05) is 38.1 Å². The van der Waals surface area contributed by atoms with Gasteiger partial charge in [-0.2, -0.15) is 13.2 Å². The number of rotatable bonds is 9. The number of hydrogen-bond acceptors (Lipinski definition) is 7. The van der Waals surface area contributed by atoms with Crippen molar-refractivity contribution in [3.8, 4) is 17.2 Å². The first-order valence-corrected chi connectivity index (χ1v) is 14.6. The van der Waals surface area contributed by atoms with Gasteiger partial charge >= 0.3 is 6.18 Å². The number of piperazine rings is 1. The van der Waals surface area contributed by atoms with E-state index in [1.165, 1.54) is 18.2 Å². The molecule has 3 unspecified atom stereocenters. The van der Waals surface area contributed by atoms with E-state index in [0.29, 0.717) is 36.5 Å². The second-order valence-corrected chi connectivity index (χ2v) is 11.6. The molecule has 0 saturated carbocycles. The summed E-state index contributed by atoms with van der Waals surface area (Å²) < 4.78 is 51.9. The SMILES string of the molecule is Cc1cccc(C)c1NC(=O)CN1CC(C)N(CC(O)COc2ccc3oc(-c4ccccc4C(F)(F)F)nc3c2)C(C)C1. The number of amides is 1. The normalized spacial score (nSPS) is 18.8. The molecule has 234 valence electrons. The van der Waals surface area contributed by atoms with Crippen LogP contribution in [0.5, 0.6) is 5.75 Å². The van der Waals surface area contributed by atoms with Crippen molar-refractivity contribution in [3.63, 3.8) is 0 Å². The van der Waals surface area contributed by atoms with Crippen LogP contribution in [0.4, 0.5) is 18.9 Å². The maximum atomic E-state index is 13.5. The van der Waals surface area contributed by atoms with Crippen LogP contribution in [0.25, 0.3) is 22.6 Å². The van der Waals surface area contributed by atoms with E-state index in [4.69, 9.17) is 9.15 Å². The molecular weight excluding hydrogens is 573 g/mol. The summed E-state index contributed by atoms with van der Waals surface area (Å²) in [6, 6.07) is 16.1. The van der Waals surface area contributed by atoms with Crippen LogP contribution in [0.3, 0.4) is 0 Å². The molecule has 4 aromatic rings. The first-order valence-electron chi connectivity index (χ1n) is 14.6. The lowest BCUT2D eigenvalue weighted by Gasteiger charge is -2.45. The van der Waals surface area contributed by atoms with E-state index in [1.54, 1.807) is 18.2 Å². The van der Waals surface area contributed by atoms with E-state index < -0.39 is 17.8 Å². The summed E-state index contributed by atoms with van der Waals surface area (Å²) in [5.41, 5.74) is 2.62. The van der Waals surface area contributed by atoms with Gasteiger partial charge in [0.15, 0.2) is 5.58 Å². The second-order valence-electron chi connectivity index (χ2n) is 11.6. The number of carbonyl (C=O) groups excluding carboxylic acids is 1. The van der Waals surface area contributed by atoms with E-state index in [1.807, 2.05) is 32.0 Å². The fraction of sp³-hybridized carbons (Fsp3) is 0.394. The van der Waals surface area contributed by atoms with Gasteiger partial charge in [0.2, 0.25) is 11.8 Å². The highest BCUT2D eigenvalue weighted by atomic mass is 19.4. The number of hydrogen-bond donors (Lipinski definition) is 2. The molecule has 1 aromatic heterocycles. The van der Waals surface area contributed by atoms with E-state index in [-0.39, 0.29) is 42.6 Å². The molecule has 2 N–H and O–H groups in total. The van der Waals surface area contributed by atoms with Crippen LogP contribution in [-0.2, 0) is 11.0 Å². The first-order chi connectivity index (χ1) is 20.9. The van der Waals surface area contributed by atoms with Gasteiger partial charge in [-0.15, -0.1) is 0 Å². The van der Waals surface area contributed by atoms with Gasteiger partial charge < -0.3 is 19.6 Å². The number of aliphatic hydroxyl groups is 1. The summed E-state index contributed by atoms with van der Waals surface area (Å²) in [6.45, 7) is 10.2. The van der Waals surface area contributed by atoms with Gasteiger partial charge in [-0.1, -0.05) is 30.3 Å². The number of fused-ring (bicyclic) bond motifs is 1. The molecule has 11 heteroatoms. The number of para-hydroxylation sites is 1. The number of aryl methyl sites for hydroxylation is 2. The Labute approximate surface area is 254 Å². The molecule has 0 aliphatic carbocycles. The topological polar surface area (TPSA) is 91.1 Å². The first kappa shape index (κ1) is 31.5. The molecule has 8 nitrogen and oxygen atoms in total. The van der Waals surface area contributed by atoms with Gasteiger partial charge in [-0.25, -0.2) is 4.98 Å². The molecule has 3 atom stereocenters. The van der Waals surface area contributed by atoms with Gasteiger partial charge in [0, 0.05) is 49.0 Å². The minimum Gasteiger partial charge on any atom is -0.491 e. The van der Waals surface area contributed by atoms with Crippen molar-refractivity contribution in [2.24, 2.45) is 0 Å². The summed E-state index contributed by atoms with van der Waals surface area (Å²) in [5, 5.41) is 13.9. The van der Waals surface area contributed by atoms with E-state index in [2.05, 4.69) is 33.9 Å². The lowest BCUT2D eigenvalue weighted by molar-refractivity contribution is -0.137. The monoisotopic (exact) mass is 610 g/mol. The summed E-state index contributed by atoms with van der Waals surface area (Å²) in [4.78, 5) is 21.4. The largest absolute Gasteiger partial charge is 0.491 e. The Bertz CT molecular complexity index is 1590. The summed E-state index contributed by atoms with van der Waals surface area (Å²) >= 11 is 0. The third-order valence-electron chi connectivity index (χ3n) is 7.98. The maximum absolute atomic E-state index is 13.5. The molecule has 1 saturated heterocycles. The third-order valence-corrected chi connectivity index (χ3v) is 7.98. The third kappa shape index (κ3) is 7.23. The number of aliphatic hydroxyl groups excluding tert-OH is 1. The fourth-order valence-corrected chi connectivity index (χ4v) is 5.87. The van der Waals surface area contributed by atoms with Crippen molar-refractivity contribution < 1.29 is 32.2 Å². The minimum atomic E-state index is -4.54. The number of β-amino-alcohol motifs (C(OH)–C–C–N with tert-alkyl or cyclic N) is 1. The second kappa shape index (κ2) is 13.0. The smallest absolute Gasteiger partial charge is 0.417 e. The van der Waals surface area contributed by atoms with Crippen molar-refractivity contribution >= 4 is 22.7 Å². The van der Waals surface area contributed by atoms with Crippen molar-refractivity contribution in [3.05, 3.63) is 77.4 Å². The molecule has 1 amide bonds. The Morgan fingerprint density at radius 3 is 2.43 bits per heavy atom. The van der Waals surface area contributed by atoms with Crippen molar-refractivity contribution in [1.82, 2.24) is 14.8 Å². The zero-order chi connectivity index (χ0) is 31.6. The zero-order valence-corrected chi connectivity index (χ0v) is 25.2. The Balaban J connectivity index is 1.15. The fourth-order valence-electron chi connectivity index (χ4n) is 5.87. The molecule has 1 aliphatic rings. The highest BCUT2D eigenvalue weighted by Gasteiger charge is 2.35. The van der Waals surface area contributed by atoms with E-state index >= 15 is 0 Å². The molecule has 3 aromatic carbocycles. The van der Waals surface area contributed by atoms with Gasteiger partial charge in [0.1, 0.15) is 24.0 Å². The number of ether oxygens (including phenoxy) is 1. The van der Waals surface area contributed by atoms with Gasteiger partial charge in [-0.05, 0) is 63.1 Å². The Kier molecular flexibility index (Phi) is 9.28. The predicted octanol–water partition coefficient (Wildman–Crippen LogP) is 5.90. The molecule has 1 fully saturated rings. The predicted molar refractivity (Wildman–Crippen MR) is 163 cm³/mol. The minimum absolute atomic E-state index is 0.0188. The number of halogens is 3. The lowest BCUT2D eigenvalue weighted by atomic mass is 10.1. The Hall–Kier alpha value is -3.93. The quantitative estimate of drug-likeness (QED) is 0.244. The van der Waals surface area contributed by atoms with E-state index in [9.17, 15) is 23.1 Å². The number of anilines is 1. The molecule has 1 aliphatic heterocycles. The van der Waals surface area contributed by atoms with Crippen LogP contribution in [0.1, 0.15) is 30.5 Å². The molecule has 0 bridgehead atoms. The number of nitrogens with zero attached hydrogens (tertiary/aromatic N) is 3. The molecule has 2 heterocycles. The average molecular weight is 611 g/mol. The van der Waals surface area contributed by atoms with Crippen molar-refractivity contribution in [2.45, 2.75) is 52.1 Å². The number of alkyl halides is 3. The molecule has 44 heavy (non-hydrogen) atoms. The highest BCUT2D eigenvalue weighted by molar-refractivity contribution is 5.93. The molecular formula is C33H37F3N4O4. The maximum Gasteiger partial charge on any atom is 0.417 e. The molecule has 5 rings (SSSR count). The summed E-state index contributed by atoms with van der Waals surface area (Å²) in [6.07, 6.45) is -5.33. The van der Waals surface area contributed by atoms with Gasteiger partial charge in [-0.3, -0.25) is 14.6 Å². The van der Waals surface area contributed by atoms with Crippen LogP contribution in [0.2, 0.25) is 0 Å². The number of oxazole rings is 1. The molecule has 0 spiro atoms. The number of carbonyl (C=O) groups is 1. The zero-order valence-electron chi connectivity index (χ0n) is 25.2. The lowest BCUT2D eigenvalue weighted by Crippen LogP contribution is -2.59. The van der Waals surface area contributed by atoms with Crippen LogP contribution in [-0.4, -0.2) is 76.8 Å². The standard InChI is InChI=1S/C33H37F3N4O4/c1-20-8-7-9-21(2)31(20)38-30(42)18-39-15-22(3)40(23(4)16-39)17-24(41)19-43-25-12-13-29-28(14-25)37-32(44-29)26-10-5-6-11-27(26)33(34,35)36/h5-14,22-24,41H,15-19H2,1-4H3,(H,38,42). The number of aromatic nitrogens is 1. The molecule has 0 radical (unpaired) electrons. The Morgan fingerprint density at radius 2 is 1.75 bits per heavy atom. The van der Waals surface area contributed by atoms with Crippen LogP contribution in [0.15, 0.2) is 65.1 Å². The van der Waals surface area contributed by atoms with Gasteiger partial charge in [0.25, 0.3) is 0 Å². The van der Waals surface area contributed by atoms with Crippen LogP contribution < -0.4 is 10.1 Å². The number of benzene rings is 3. The number of nitrogens with one attached hydrogen (secondary N) is 1. The Morgan fingerprint density at radius 1 is 1.07 bits per heavy atom. The summed E-state index contributed by atoms with van der Waals surface area (Å²) in [5.74, 6) is 0.237. The van der Waals surface area contributed by atoms with Crippen LogP contribution >= 0.6 is 0 Å². The average Bonchev–Trinajstić information content (AvgIpc) is 3.39. The van der Waals surface area contributed by atoms with Gasteiger partial charge in [0.05, 0.1) is 12.1 Å².